The zero-order valence-electron chi connectivity index (χ0n) is 16.1. The van der Waals surface area contributed by atoms with Crippen LogP contribution in [0.4, 0.5) is 5.82 Å². The Kier molecular flexibility index (Phi) is 5.09. The van der Waals surface area contributed by atoms with E-state index in [1.165, 1.54) is 24.1 Å². The van der Waals surface area contributed by atoms with E-state index in [4.69, 9.17) is 9.47 Å². The first-order valence-electron chi connectivity index (χ1n) is 9.16. The Balaban J connectivity index is 1.60. The number of hydrogen-bond acceptors (Lipinski definition) is 9. The summed E-state index contributed by atoms with van der Waals surface area (Å²) in [5, 5.41) is 33.6. The molecule has 1 fully saturated rings. The second-order valence-electron chi connectivity index (χ2n) is 7.12. The summed E-state index contributed by atoms with van der Waals surface area (Å²) in [7, 11) is 1.62. The zero-order valence-corrected chi connectivity index (χ0v) is 16.1. The standard InChI is InChI=1S/C19H23N5O5/c1-19(27)13(8-25)29-18(15(19)26)24-10-23-14-16(21-9-22-17(14)24)20-7-11-4-3-5-12(6-11)28-2/h3-6,9-10,13,15,18,25-27H,7-8H2,1-2H3,(H,20,21,22)/t13-,15+,18-,19-/m1/s1. The van der Waals surface area contributed by atoms with Crippen molar-refractivity contribution in [3.63, 3.8) is 0 Å². The van der Waals surface area contributed by atoms with Crippen LogP contribution in [-0.4, -0.2) is 66.4 Å². The van der Waals surface area contributed by atoms with Gasteiger partial charge in [0.05, 0.1) is 20.0 Å². The first-order chi connectivity index (χ1) is 14.0. The fourth-order valence-corrected chi connectivity index (χ4v) is 3.44. The van der Waals surface area contributed by atoms with E-state index in [9.17, 15) is 15.3 Å². The third kappa shape index (κ3) is 3.40. The van der Waals surface area contributed by atoms with Crippen LogP contribution in [0, 0.1) is 0 Å². The van der Waals surface area contributed by atoms with E-state index in [1.807, 2.05) is 24.3 Å². The maximum absolute atomic E-state index is 10.5. The predicted octanol–water partition coefficient (Wildman–Crippen LogP) is 0.449. The molecule has 1 aromatic carbocycles. The molecule has 2 aromatic heterocycles. The van der Waals surface area contributed by atoms with Crippen molar-refractivity contribution in [3.8, 4) is 5.75 Å². The SMILES string of the molecule is COc1cccc(CNc2ncnc3c2ncn3[C@@H]2O[C@H](CO)[C@@](C)(O)[C@H]2O)c1. The molecule has 3 aromatic rings. The van der Waals surface area contributed by atoms with Gasteiger partial charge in [0, 0.05) is 6.54 Å². The molecule has 1 aliphatic rings. The van der Waals surface area contributed by atoms with Crippen molar-refractivity contribution in [2.24, 2.45) is 0 Å². The van der Waals surface area contributed by atoms with Crippen molar-refractivity contribution in [3.05, 3.63) is 42.5 Å². The van der Waals surface area contributed by atoms with Gasteiger partial charge in [-0.15, -0.1) is 0 Å². The Morgan fingerprint density at radius 3 is 2.86 bits per heavy atom. The molecule has 1 aliphatic heterocycles. The maximum atomic E-state index is 10.5. The molecule has 0 aliphatic carbocycles. The number of anilines is 1. The van der Waals surface area contributed by atoms with Crippen LogP contribution < -0.4 is 10.1 Å². The molecule has 0 spiro atoms. The van der Waals surface area contributed by atoms with Crippen LogP contribution in [0.1, 0.15) is 18.7 Å². The summed E-state index contributed by atoms with van der Waals surface area (Å²) in [5.74, 6) is 1.29. The zero-order chi connectivity index (χ0) is 20.6. The summed E-state index contributed by atoms with van der Waals surface area (Å²) in [4.78, 5) is 12.9. The number of aliphatic hydroxyl groups excluding tert-OH is 2. The molecule has 0 amide bonds. The number of fused-ring (bicyclic) bond motifs is 1. The Bertz CT molecular complexity index is 1010. The topological polar surface area (TPSA) is 135 Å². The molecule has 10 nitrogen and oxygen atoms in total. The average molecular weight is 401 g/mol. The van der Waals surface area contributed by atoms with Crippen LogP contribution in [0.15, 0.2) is 36.9 Å². The normalized spacial score (nSPS) is 26.7. The van der Waals surface area contributed by atoms with Crippen molar-refractivity contribution in [2.45, 2.75) is 37.5 Å². The molecule has 0 unspecified atom stereocenters. The van der Waals surface area contributed by atoms with Gasteiger partial charge < -0.3 is 30.1 Å². The van der Waals surface area contributed by atoms with Crippen molar-refractivity contribution >= 4 is 17.0 Å². The van der Waals surface area contributed by atoms with Gasteiger partial charge in [-0.1, -0.05) is 12.1 Å². The van der Waals surface area contributed by atoms with Crippen LogP contribution in [-0.2, 0) is 11.3 Å². The summed E-state index contributed by atoms with van der Waals surface area (Å²) >= 11 is 0. The predicted molar refractivity (Wildman–Crippen MR) is 103 cm³/mol. The lowest BCUT2D eigenvalue weighted by Gasteiger charge is -2.25. The van der Waals surface area contributed by atoms with Crippen molar-refractivity contribution in [1.82, 2.24) is 19.5 Å². The van der Waals surface area contributed by atoms with Gasteiger partial charge in [0.2, 0.25) is 0 Å². The lowest BCUT2D eigenvalue weighted by atomic mass is 9.95. The highest BCUT2D eigenvalue weighted by atomic mass is 16.6. The molecule has 3 heterocycles. The van der Waals surface area contributed by atoms with Gasteiger partial charge in [0.15, 0.2) is 23.2 Å². The fourth-order valence-electron chi connectivity index (χ4n) is 3.44. The molecule has 0 saturated carbocycles. The Morgan fingerprint density at radius 1 is 1.31 bits per heavy atom. The van der Waals surface area contributed by atoms with Crippen LogP contribution in [0.3, 0.4) is 0 Å². The summed E-state index contributed by atoms with van der Waals surface area (Å²) in [5.41, 5.74) is 0.341. The Hall–Kier alpha value is -2.79. The number of ether oxygens (including phenoxy) is 2. The van der Waals surface area contributed by atoms with Gasteiger partial charge in [-0.25, -0.2) is 15.0 Å². The summed E-state index contributed by atoms with van der Waals surface area (Å²) in [6.45, 7) is 1.50. The number of aromatic nitrogens is 4. The van der Waals surface area contributed by atoms with Gasteiger partial charge in [0.25, 0.3) is 0 Å². The largest absolute Gasteiger partial charge is 0.497 e. The Labute approximate surface area is 166 Å². The van der Waals surface area contributed by atoms with Crippen molar-refractivity contribution in [2.75, 3.05) is 19.0 Å². The highest BCUT2D eigenvalue weighted by Gasteiger charge is 2.52. The molecule has 4 rings (SSSR count). The molecule has 4 atom stereocenters. The van der Waals surface area contributed by atoms with Crippen LogP contribution in [0.25, 0.3) is 11.2 Å². The van der Waals surface area contributed by atoms with Gasteiger partial charge >= 0.3 is 0 Å². The number of nitrogens with one attached hydrogen (secondary N) is 1. The van der Waals surface area contributed by atoms with E-state index in [1.54, 1.807) is 7.11 Å². The molecule has 0 radical (unpaired) electrons. The molecule has 0 bridgehead atoms. The third-order valence-corrected chi connectivity index (χ3v) is 5.22. The van der Waals surface area contributed by atoms with Crippen LogP contribution in [0.5, 0.6) is 5.75 Å². The van der Waals surface area contributed by atoms with Crippen LogP contribution >= 0.6 is 0 Å². The monoisotopic (exact) mass is 401 g/mol. The molecular weight excluding hydrogens is 378 g/mol. The highest BCUT2D eigenvalue weighted by Crippen LogP contribution is 2.38. The van der Waals surface area contributed by atoms with Gasteiger partial charge in [-0.2, -0.15) is 0 Å². The summed E-state index contributed by atoms with van der Waals surface area (Å²) in [6, 6.07) is 7.66. The lowest BCUT2D eigenvalue weighted by Crippen LogP contribution is -2.46. The van der Waals surface area contributed by atoms with E-state index >= 15 is 0 Å². The fraction of sp³-hybridized carbons (Fsp3) is 0.421. The number of hydrogen-bond donors (Lipinski definition) is 4. The molecule has 1 saturated heterocycles. The van der Waals surface area contributed by atoms with E-state index in [0.29, 0.717) is 23.5 Å². The Morgan fingerprint density at radius 2 is 2.14 bits per heavy atom. The third-order valence-electron chi connectivity index (χ3n) is 5.22. The van der Waals surface area contributed by atoms with E-state index in [-0.39, 0.29) is 0 Å². The van der Waals surface area contributed by atoms with Crippen molar-refractivity contribution in [1.29, 1.82) is 0 Å². The van der Waals surface area contributed by atoms with Crippen LogP contribution in [0.2, 0.25) is 0 Å². The minimum atomic E-state index is -1.60. The molecule has 10 heteroatoms. The lowest BCUT2D eigenvalue weighted by molar-refractivity contribution is -0.0804. The summed E-state index contributed by atoms with van der Waals surface area (Å²) in [6.07, 6.45) is -0.266. The highest BCUT2D eigenvalue weighted by molar-refractivity contribution is 5.82. The maximum Gasteiger partial charge on any atom is 0.167 e. The average Bonchev–Trinajstić information content (AvgIpc) is 3.25. The number of aliphatic hydroxyl groups is 3. The first kappa shape index (κ1) is 19.5. The molecule has 29 heavy (non-hydrogen) atoms. The molecule has 154 valence electrons. The smallest absolute Gasteiger partial charge is 0.167 e. The second-order valence-corrected chi connectivity index (χ2v) is 7.12. The van der Waals surface area contributed by atoms with Gasteiger partial charge in [-0.05, 0) is 24.6 Å². The minimum Gasteiger partial charge on any atom is -0.497 e. The first-order valence-corrected chi connectivity index (χ1v) is 9.16. The van der Waals surface area contributed by atoms with Crippen molar-refractivity contribution < 1.29 is 24.8 Å². The number of methoxy groups -OCH3 is 1. The number of nitrogens with zero attached hydrogens (tertiary/aromatic N) is 4. The number of rotatable bonds is 6. The quantitative estimate of drug-likeness (QED) is 0.464. The molecular formula is C19H23N5O5. The number of benzene rings is 1. The molecule has 4 N–H and O–H groups in total. The minimum absolute atomic E-state index is 0.421. The van der Waals surface area contributed by atoms with E-state index in [0.717, 1.165) is 11.3 Å². The van der Waals surface area contributed by atoms with Gasteiger partial charge in [-0.3, -0.25) is 4.57 Å². The van der Waals surface area contributed by atoms with Gasteiger partial charge in [0.1, 0.15) is 29.9 Å². The number of imidazole rings is 1. The second kappa shape index (κ2) is 7.56. The summed E-state index contributed by atoms with van der Waals surface area (Å²) < 4.78 is 12.4. The van der Waals surface area contributed by atoms with E-state index < -0.39 is 30.6 Å². The van der Waals surface area contributed by atoms with E-state index in [2.05, 4.69) is 20.3 Å².